The first kappa shape index (κ1) is 16.7. The minimum absolute atomic E-state index is 0.0309. The molecule has 2 rings (SSSR count). The van der Waals surface area contributed by atoms with Crippen LogP contribution in [0.25, 0.3) is 0 Å². The summed E-state index contributed by atoms with van der Waals surface area (Å²) in [6.07, 6.45) is 2.68. The molecular weight excluding hydrogens is 363 g/mol. The molecule has 1 aromatic carbocycles. The van der Waals surface area contributed by atoms with Crippen LogP contribution >= 0.6 is 15.9 Å². The fraction of sp³-hybridized carbons (Fsp3) is 0.538. The van der Waals surface area contributed by atoms with Gasteiger partial charge in [-0.25, -0.2) is 17.5 Å². The monoisotopic (exact) mass is 380 g/mol. The second-order valence-electron chi connectivity index (χ2n) is 5.38. The van der Waals surface area contributed by atoms with Crippen molar-refractivity contribution in [1.29, 1.82) is 0 Å². The summed E-state index contributed by atoms with van der Waals surface area (Å²) >= 11 is 2.96. The van der Waals surface area contributed by atoms with Crippen LogP contribution in [0.4, 0.5) is 10.1 Å². The highest BCUT2D eigenvalue weighted by Gasteiger charge is 2.42. The summed E-state index contributed by atoms with van der Waals surface area (Å²) in [5, 5.41) is 0. The van der Waals surface area contributed by atoms with Gasteiger partial charge in [0.25, 0.3) is 0 Å². The van der Waals surface area contributed by atoms with Gasteiger partial charge in [-0.05, 0) is 52.7 Å². The molecule has 118 valence electrons. The second-order valence-corrected chi connectivity index (χ2v) is 7.97. The number of hydrogen-bond acceptors (Lipinski definition) is 4. The molecule has 0 spiro atoms. The third kappa shape index (κ3) is 3.94. The van der Waals surface area contributed by atoms with Gasteiger partial charge in [-0.1, -0.05) is 0 Å². The van der Waals surface area contributed by atoms with E-state index in [1.165, 1.54) is 6.07 Å². The Morgan fingerprint density at radius 1 is 1.48 bits per heavy atom. The number of hydrogen-bond donors (Lipinski definition) is 2. The van der Waals surface area contributed by atoms with Gasteiger partial charge < -0.3 is 10.5 Å². The van der Waals surface area contributed by atoms with Crippen molar-refractivity contribution in [1.82, 2.24) is 4.72 Å². The van der Waals surface area contributed by atoms with E-state index in [1.54, 1.807) is 7.11 Å². The van der Waals surface area contributed by atoms with E-state index in [4.69, 9.17) is 10.5 Å². The van der Waals surface area contributed by atoms with Crippen LogP contribution in [0, 0.1) is 11.2 Å². The largest absolute Gasteiger partial charge is 0.399 e. The molecule has 0 unspecified atom stereocenters. The molecule has 0 aromatic heterocycles. The van der Waals surface area contributed by atoms with Crippen molar-refractivity contribution in [3.05, 3.63) is 22.4 Å². The molecule has 1 fully saturated rings. The molecule has 1 aliphatic carbocycles. The van der Waals surface area contributed by atoms with Crippen LogP contribution in [0.2, 0.25) is 0 Å². The molecule has 0 bridgehead atoms. The average Bonchev–Trinajstić information content (AvgIpc) is 3.19. The minimum atomic E-state index is -3.93. The number of nitrogens with two attached hydrogens (primary N) is 1. The predicted molar refractivity (Wildman–Crippen MR) is 81.9 cm³/mol. The summed E-state index contributed by atoms with van der Waals surface area (Å²) in [5.41, 5.74) is 5.71. The lowest BCUT2D eigenvalue weighted by molar-refractivity contribution is 0.173. The molecule has 3 N–H and O–H groups in total. The first-order valence-electron chi connectivity index (χ1n) is 6.53. The number of benzene rings is 1. The smallest absolute Gasteiger partial charge is 0.243 e. The molecule has 1 saturated carbocycles. The highest BCUT2D eigenvalue weighted by molar-refractivity contribution is 9.10. The Balaban J connectivity index is 2.13. The Kier molecular flexibility index (Phi) is 4.92. The Hall–Kier alpha value is -0.700. The Morgan fingerprint density at radius 2 is 2.14 bits per heavy atom. The lowest BCUT2D eigenvalue weighted by atomic mass is 10.0. The van der Waals surface area contributed by atoms with Crippen molar-refractivity contribution >= 4 is 31.6 Å². The zero-order chi connectivity index (χ0) is 15.7. The van der Waals surface area contributed by atoms with Gasteiger partial charge in [-0.2, -0.15) is 0 Å². The molecule has 0 aliphatic heterocycles. The van der Waals surface area contributed by atoms with Crippen molar-refractivity contribution in [2.24, 2.45) is 5.41 Å². The Labute approximate surface area is 132 Å². The van der Waals surface area contributed by atoms with Gasteiger partial charge in [0.05, 0.1) is 4.47 Å². The highest BCUT2D eigenvalue weighted by atomic mass is 79.9. The van der Waals surface area contributed by atoms with E-state index in [9.17, 15) is 12.8 Å². The van der Waals surface area contributed by atoms with Crippen molar-refractivity contribution in [2.45, 2.75) is 24.2 Å². The van der Waals surface area contributed by atoms with Gasteiger partial charge in [0.2, 0.25) is 10.0 Å². The van der Waals surface area contributed by atoms with Crippen LogP contribution in [0.5, 0.6) is 0 Å². The van der Waals surface area contributed by atoms with Crippen LogP contribution < -0.4 is 10.5 Å². The molecule has 0 heterocycles. The number of methoxy groups -OCH3 is 1. The summed E-state index contributed by atoms with van der Waals surface area (Å²) in [6.45, 7) is 0.866. The van der Waals surface area contributed by atoms with E-state index >= 15 is 0 Å². The maximum Gasteiger partial charge on any atom is 0.243 e. The maximum atomic E-state index is 14.0. The Bertz CT molecular complexity index is 633. The van der Waals surface area contributed by atoms with E-state index in [0.717, 1.165) is 25.3 Å². The first-order valence-corrected chi connectivity index (χ1v) is 8.80. The number of rotatable bonds is 7. The van der Waals surface area contributed by atoms with Gasteiger partial charge in [-0.15, -0.1) is 0 Å². The number of anilines is 1. The molecule has 0 saturated heterocycles. The standard InChI is InChI=1S/C13H18BrFN2O3S/c1-20-5-4-13(2-3-13)8-17-21(18,19)11-7-9(16)6-10(14)12(11)15/h6-7,17H,2-5,8,16H2,1H3. The van der Waals surface area contributed by atoms with Crippen molar-refractivity contribution in [3.63, 3.8) is 0 Å². The van der Waals surface area contributed by atoms with Crippen LogP contribution in [0.1, 0.15) is 19.3 Å². The number of ether oxygens (including phenoxy) is 1. The van der Waals surface area contributed by atoms with Gasteiger partial charge in [-0.3, -0.25) is 0 Å². The quantitative estimate of drug-likeness (QED) is 0.710. The Morgan fingerprint density at radius 3 is 2.71 bits per heavy atom. The van der Waals surface area contributed by atoms with E-state index in [1.807, 2.05) is 0 Å². The van der Waals surface area contributed by atoms with Gasteiger partial charge >= 0.3 is 0 Å². The van der Waals surface area contributed by atoms with Crippen LogP contribution in [-0.2, 0) is 14.8 Å². The number of nitrogens with one attached hydrogen (secondary N) is 1. The van der Waals surface area contributed by atoms with Gasteiger partial charge in [0.15, 0.2) is 5.82 Å². The topological polar surface area (TPSA) is 81.4 Å². The van der Waals surface area contributed by atoms with Crippen LogP contribution in [0.15, 0.2) is 21.5 Å². The predicted octanol–water partition coefficient (Wildman–Crippen LogP) is 2.27. The molecule has 1 aromatic rings. The van der Waals surface area contributed by atoms with Gasteiger partial charge in [0.1, 0.15) is 4.90 Å². The molecule has 0 radical (unpaired) electrons. The SMILES string of the molecule is COCCC1(CNS(=O)(=O)c2cc(N)cc(Br)c2F)CC1. The highest BCUT2D eigenvalue weighted by Crippen LogP contribution is 2.48. The first-order chi connectivity index (χ1) is 9.80. The van der Waals surface area contributed by atoms with Crippen LogP contribution in [0.3, 0.4) is 0 Å². The lowest BCUT2D eigenvalue weighted by Gasteiger charge is -2.16. The number of halogens is 2. The normalized spacial score (nSPS) is 16.9. The average molecular weight is 381 g/mol. The molecule has 1 aliphatic rings. The summed E-state index contributed by atoms with van der Waals surface area (Å²) in [5.74, 6) is -0.835. The molecule has 8 heteroatoms. The third-order valence-corrected chi connectivity index (χ3v) is 5.71. The van der Waals surface area contributed by atoms with E-state index < -0.39 is 20.7 Å². The summed E-state index contributed by atoms with van der Waals surface area (Å²) in [7, 11) is -2.32. The number of nitrogen functional groups attached to an aromatic ring is 1. The molecule has 5 nitrogen and oxygen atoms in total. The molecular formula is C13H18BrFN2O3S. The third-order valence-electron chi connectivity index (χ3n) is 3.74. The van der Waals surface area contributed by atoms with E-state index in [0.29, 0.717) is 6.61 Å². The summed E-state index contributed by atoms with van der Waals surface area (Å²) < 4.78 is 46.0. The second kappa shape index (κ2) is 6.20. The van der Waals surface area contributed by atoms with Gasteiger partial charge in [0, 0.05) is 25.9 Å². The molecule has 21 heavy (non-hydrogen) atoms. The lowest BCUT2D eigenvalue weighted by Crippen LogP contribution is -2.31. The zero-order valence-electron chi connectivity index (χ0n) is 11.7. The maximum absolute atomic E-state index is 14.0. The van der Waals surface area contributed by atoms with E-state index in [-0.39, 0.29) is 22.1 Å². The van der Waals surface area contributed by atoms with Crippen molar-refractivity contribution in [2.75, 3.05) is 26.0 Å². The summed E-state index contributed by atoms with van der Waals surface area (Å²) in [4.78, 5) is -0.433. The molecule has 0 atom stereocenters. The minimum Gasteiger partial charge on any atom is -0.399 e. The number of sulfonamides is 1. The fourth-order valence-corrected chi connectivity index (χ4v) is 4.01. The van der Waals surface area contributed by atoms with Crippen LogP contribution in [-0.4, -0.2) is 28.7 Å². The molecule has 0 amide bonds. The van der Waals surface area contributed by atoms with Crippen molar-refractivity contribution < 1.29 is 17.5 Å². The van der Waals surface area contributed by atoms with Crippen molar-refractivity contribution in [3.8, 4) is 0 Å². The van der Waals surface area contributed by atoms with E-state index in [2.05, 4.69) is 20.7 Å². The fourth-order valence-electron chi connectivity index (χ4n) is 2.12. The summed E-state index contributed by atoms with van der Waals surface area (Å²) in [6, 6.07) is 2.45. The zero-order valence-corrected chi connectivity index (χ0v) is 14.1.